The molecular formula is C23H20N4O2. The van der Waals surface area contributed by atoms with Gasteiger partial charge in [-0.15, -0.1) is 0 Å². The Bertz CT molecular complexity index is 1180. The average molecular weight is 384 g/mol. The van der Waals surface area contributed by atoms with Crippen molar-refractivity contribution >= 4 is 17.2 Å². The first-order valence-corrected chi connectivity index (χ1v) is 9.66. The number of nitrogens with one attached hydrogen (secondary N) is 1. The molecule has 1 aliphatic rings. The van der Waals surface area contributed by atoms with Crippen LogP contribution in [0.1, 0.15) is 40.5 Å². The number of hydrogen-bond acceptors (Lipinski definition) is 4. The monoisotopic (exact) mass is 384 g/mol. The molecule has 6 nitrogen and oxygen atoms in total. The molecule has 29 heavy (non-hydrogen) atoms. The molecule has 1 aliphatic carbocycles. The highest BCUT2D eigenvalue weighted by Gasteiger charge is 2.28. The minimum Gasteiger partial charge on any atom is -0.439 e. The molecule has 0 radical (unpaired) electrons. The smallest absolute Gasteiger partial charge is 0.257 e. The Hall–Kier alpha value is -3.67. The fourth-order valence-corrected chi connectivity index (χ4v) is 3.39. The zero-order chi connectivity index (χ0) is 19.8. The number of imidazole rings is 1. The third-order valence-corrected chi connectivity index (χ3v) is 5.08. The Morgan fingerprint density at radius 3 is 2.66 bits per heavy atom. The van der Waals surface area contributed by atoms with E-state index in [1.54, 1.807) is 12.1 Å². The van der Waals surface area contributed by atoms with Crippen molar-refractivity contribution in [3.05, 3.63) is 83.9 Å². The van der Waals surface area contributed by atoms with Crippen molar-refractivity contribution in [1.82, 2.24) is 14.4 Å². The van der Waals surface area contributed by atoms with E-state index in [1.165, 1.54) is 24.7 Å². The van der Waals surface area contributed by atoms with Crippen molar-refractivity contribution < 1.29 is 9.53 Å². The third kappa shape index (κ3) is 3.57. The van der Waals surface area contributed by atoms with E-state index in [9.17, 15) is 4.79 Å². The molecule has 0 unspecified atom stereocenters. The van der Waals surface area contributed by atoms with Crippen LogP contribution in [-0.4, -0.2) is 20.3 Å². The molecule has 0 atom stereocenters. The first-order valence-electron chi connectivity index (χ1n) is 9.66. The van der Waals surface area contributed by atoms with Gasteiger partial charge in [0.25, 0.3) is 5.91 Å². The molecule has 1 N–H and O–H groups in total. The van der Waals surface area contributed by atoms with Gasteiger partial charge in [0.15, 0.2) is 0 Å². The number of pyridine rings is 2. The summed E-state index contributed by atoms with van der Waals surface area (Å²) in [4.78, 5) is 21.6. The predicted molar refractivity (Wildman–Crippen MR) is 111 cm³/mol. The first-order chi connectivity index (χ1) is 14.2. The number of carbonyl (C=O) groups is 1. The van der Waals surface area contributed by atoms with Gasteiger partial charge in [0.05, 0.1) is 16.9 Å². The van der Waals surface area contributed by atoms with Gasteiger partial charge >= 0.3 is 0 Å². The SMILES string of the molecule is Cc1c(C2CC2)nc2ccc(NC(=O)c3ccc(Oc4ccccc4)nc3)cn12. The highest BCUT2D eigenvalue weighted by molar-refractivity contribution is 6.04. The number of nitrogens with zero attached hydrogens (tertiary/aromatic N) is 3. The molecule has 0 saturated heterocycles. The van der Waals surface area contributed by atoms with Gasteiger partial charge in [-0.25, -0.2) is 9.97 Å². The summed E-state index contributed by atoms with van der Waals surface area (Å²) in [5, 5.41) is 2.93. The molecule has 1 aromatic carbocycles. The van der Waals surface area contributed by atoms with Gasteiger partial charge in [-0.05, 0) is 50.1 Å². The molecule has 1 saturated carbocycles. The molecule has 4 aromatic rings. The number of aryl methyl sites for hydroxylation is 1. The number of benzene rings is 1. The summed E-state index contributed by atoms with van der Waals surface area (Å²) in [6.45, 7) is 2.08. The van der Waals surface area contributed by atoms with Gasteiger partial charge in [-0.1, -0.05) is 18.2 Å². The Balaban J connectivity index is 1.31. The topological polar surface area (TPSA) is 68.5 Å². The summed E-state index contributed by atoms with van der Waals surface area (Å²) in [5.41, 5.74) is 4.40. The lowest BCUT2D eigenvalue weighted by atomic mass is 10.2. The molecule has 1 amide bonds. The first kappa shape index (κ1) is 17.4. The Labute approximate surface area is 168 Å². The van der Waals surface area contributed by atoms with E-state index >= 15 is 0 Å². The maximum absolute atomic E-state index is 12.6. The summed E-state index contributed by atoms with van der Waals surface area (Å²) in [6, 6.07) is 16.6. The zero-order valence-electron chi connectivity index (χ0n) is 16.0. The summed E-state index contributed by atoms with van der Waals surface area (Å²) in [7, 11) is 0. The van der Waals surface area contributed by atoms with E-state index in [0.717, 1.165) is 17.0 Å². The third-order valence-electron chi connectivity index (χ3n) is 5.08. The summed E-state index contributed by atoms with van der Waals surface area (Å²) < 4.78 is 7.71. The van der Waals surface area contributed by atoms with Crippen LogP contribution in [0.2, 0.25) is 0 Å². The fraction of sp³-hybridized carbons (Fsp3) is 0.174. The van der Waals surface area contributed by atoms with Gasteiger partial charge in [-0.2, -0.15) is 0 Å². The van der Waals surface area contributed by atoms with Crippen LogP contribution in [0.4, 0.5) is 5.69 Å². The quantitative estimate of drug-likeness (QED) is 0.528. The minimum absolute atomic E-state index is 0.219. The van der Waals surface area contributed by atoms with Gasteiger partial charge in [-0.3, -0.25) is 4.79 Å². The van der Waals surface area contributed by atoms with Crippen molar-refractivity contribution in [2.45, 2.75) is 25.7 Å². The van der Waals surface area contributed by atoms with Crippen molar-refractivity contribution in [2.75, 3.05) is 5.32 Å². The van der Waals surface area contributed by atoms with E-state index in [1.807, 2.05) is 53.1 Å². The number of rotatable bonds is 5. The van der Waals surface area contributed by atoms with Crippen LogP contribution in [0.15, 0.2) is 67.0 Å². The van der Waals surface area contributed by atoms with Gasteiger partial charge in [0.2, 0.25) is 5.88 Å². The van der Waals surface area contributed by atoms with Crippen LogP contribution in [-0.2, 0) is 0 Å². The molecule has 0 spiro atoms. The highest BCUT2D eigenvalue weighted by Crippen LogP contribution is 2.41. The van der Waals surface area contributed by atoms with Crippen LogP contribution in [0.25, 0.3) is 5.65 Å². The molecule has 1 fully saturated rings. The van der Waals surface area contributed by atoms with Crippen molar-refractivity contribution in [1.29, 1.82) is 0 Å². The van der Waals surface area contributed by atoms with E-state index in [-0.39, 0.29) is 5.91 Å². The summed E-state index contributed by atoms with van der Waals surface area (Å²) in [6.07, 6.45) is 5.86. The van der Waals surface area contributed by atoms with E-state index in [2.05, 4.69) is 17.2 Å². The standard InChI is InChI=1S/C23H20N4O2/c1-15-22(16-7-8-16)26-20-11-10-18(14-27(15)20)25-23(28)17-9-12-21(24-13-17)29-19-5-3-2-4-6-19/h2-6,9-14,16H,7-8H2,1H3,(H,25,28). The van der Waals surface area contributed by atoms with Crippen LogP contribution in [0, 0.1) is 6.92 Å². The summed E-state index contributed by atoms with van der Waals surface area (Å²) >= 11 is 0. The number of amides is 1. The van der Waals surface area contributed by atoms with Gasteiger partial charge in [0, 0.05) is 30.1 Å². The molecule has 6 heteroatoms. The predicted octanol–water partition coefficient (Wildman–Crippen LogP) is 4.96. The van der Waals surface area contributed by atoms with E-state index < -0.39 is 0 Å². The Morgan fingerprint density at radius 1 is 1.10 bits per heavy atom. The maximum Gasteiger partial charge on any atom is 0.257 e. The van der Waals surface area contributed by atoms with E-state index in [0.29, 0.717) is 23.1 Å². The summed E-state index contributed by atoms with van der Waals surface area (Å²) in [5.74, 6) is 1.52. The van der Waals surface area contributed by atoms with Crippen molar-refractivity contribution in [2.24, 2.45) is 0 Å². The number of hydrogen-bond donors (Lipinski definition) is 1. The zero-order valence-corrected chi connectivity index (χ0v) is 16.0. The number of carbonyl (C=O) groups excluding carboxylic acids is 1. The van der Waals surface area contributed by atoms with Crippen LogP contribution in [0.3, 0.4) is 0 Å². The minimum atomic E-state index is -0.219. The largest absolute Gasteiger partial charge is 0.439 e. The highest BCUT2D eigenvalue weighted by atomic mass is 16.5. The molecule has 0 aliphatic heterocycles. The molecule has 3 heterocycles. The molecule has 144 valence electrons. The number of fused-ring (bicyclic) bond motifs is 1. The maximum atomic E-state index is 12.6. The lowest BCUT2D eigenvalue weighted by Crippen LogP contribution is -2.12. The van der Waals surface area contributed by atoms with Crippen molar-refractivity contribution in [3.8, 4) is 11.6 Å². The Morgan fingerprint density at radius 2 is 1.93 bits per heavy atom. The number of anilines is 1. The fourth-order valence-electron chi connectivity index (χ4n) is 3.39. The Kier molecular flexibility index (Phi) is 4.24. The lowest BCUT2D eigenvalue weighted by Gasteiger charge is -2.08. The molecule has 0 bridgehead atoms. The van der Waals surface area contributed by atoms with Gasteiger partial charge < -0.3 is 14.5 Å². The van der Waals surface area contributed by atoms with Crippen LogP contribution < -0.4 is 10.1 Å². The number of aromatic nitrogens is 3. The normalized spacial score (nSPS) is 13.4. The molecular weight excluding hydrogens is 364 g/mol. The second-order valence-electron chi connectivity index (χ2n) is 7.26. The number of ether oxygens (including phenoxy) is 1. The van der Waals surface area contributed by atoms with Gasteiger partial charge in [0.1, 0.15) is 11.4 Å². The van der Waals surface area contributed by atoms with Crippen molar-refractivity contribution in [3.63, 3.8) is 0 Å². The van der Waals surface area contributed by atoms with Crippen LogP contribution >= 0.6 is 0 Å². The average Bonchev–Trinajstić information content (AvgIpc) is 3.54. The second kappa shape index (κ2) is 7.05. The van der Waals surface area contributed by atoms with E-state index in [4.69, 9.17) is 9.72 Å². The molecule has 5 rings (SSSR count). The second-order valence-corrected chi connectivity index (χ2v) is 7.26. The molecule has 3 aromatic heterocycles. The van der Waals surface area contributed by atoms with Crippen LogP contribution in [0.5, 0.6) is 11.6 Å². The number of para-hydroxylation sites is 1. The lowest BCUT2D eigenvalue weighted by molar-refractivity contribution is 0.102.